The molecule has 0 amide bonds. The van der Waals surface area contributed by atoms with Crippen LogP contribution in [-0.4, -0.2) is 59.6 Å². The topological polar surface area (TPSA) is 81.6 Å². The van der Waals surface area contributed by atoms with Crippen LogP contribution in [0, 0.1) is 6.92 Å². The molecule has 0 aliphatic carbocycles. The van der Waals surface area contributed by atoms with E-state index < -0.39 is 21.1 Å². The predicted octanol–water partition coefficient (Wildman–Crippen LogP) is 1.25. The maximum atomic E-state index is 12.6. The number of hydrogen-bond donors (Lipinski definition) is 0. The fraction of sp³-hybridized carbons (Fsp3) is 0.692. The van der Waals surface area contributed by atoms with Crippen LogP contribution in [0.15, 0.2) is 12.4 Å². The third-order valence-corrected chi connectivity index (χ3v) is 5.55. The number of aromatic nitrogens is 2. The Labute approximate surface area is 136 Å². The molecule has 1 spiro atoms. The lowest BCUT2D eigenvalue weighted by molar-refractivity contribution is -0.168. The zero-order chi connectivity index (χ0) is 17.6. The van der Waals surface area contributed by atoms with Gasteiger partial charge in [0.15, 0.2) is 0 Å². The Bertz CT molecular complexity index is 719. The van der Waals surface area contributed by atoms with E-state index in [4.69, 9.17) is 9.47 Å². The lowest BCUT2D eigenvalue weighted by atomic mass is 9.86. The minimum absolute atomic E-state index is 0.282. The van der Waals surface area contributed by atoms with Gasteiger partial charge in [-0.1, -0.05) is 0 Å². The number of halogens is 3. The van der Waals surface area contributed by atoms with Crippen molar-refractivity contribution < 1.29 is 31.1 Å². The number of ether oxygens (including phenoxy) is 2. The summed E-state index contributed by atoms with van der Waals surface area (Å²) in [5, 5.41) is 0. The summed E-state index contributed by atoms with van der Waals surface area (Å²) in [6.07, 6.45) is 3.56. The van der Waals surface area contributed by atoms with Crippen LogP contribution in [-0.2, 0) is 14.8 Å². The Morgan fingerprint density at radius 2 is 2.08 bits per heavy atom. The molecule has 0 saturated carbocycles. The average Bonchev–Trinajstić information content (AvgIpc) is 2.43. The molecule has 2 aliphatic heterocycles. The summed E-state index contributed by atoms with van der Waals surface area (Å²) in [6, 6.07) is 0. The minimum Gasteiger partial charge on any atom is -0.473 e. The Kier molecular flexibility index (Phi) is 4.21. The number of nitrogens with zero attached hydrogens (tertiary/aromatic N) is 3. The van der Waals surface area contributed by atoms with E-state index >= 15 is 0 Å². The van der Waals surface area contributed by atoms with Gasteiger partial charge in [0.1, 0.15) is 6.10 Å². The maximum absolute atomic E-state index is 12.6. The van der Waals surface area contributed by atoms with E-state index in [2.05, 4.69) is 9.97 Å². The van der Waals surface area contributed by atoms with Gasteiger partial charge >= 0.3 is 15.5 Å². The van der Waals surface area contributed by atoms with Gasteiger partial charge in [-0.05, 0) is 6.92 Å². The summed E-state index contributed by atoms with van der Waals surface area (Å²) in [6.45, 7) is 1.39. The Morgan fingerprint density at radius 3 is 2.71 bits per heavy atom. The molecule has 1 atom stereocenters. The monoisotopic (exact) mass is 367 g/mol. The number of alkyl halides is 3. The molecule has 3 rings (SSSR count). The van der Waals surface area contributed by atoms with Crippen molar-refractivity contribution in [3.63, 3.8) is 0 Å². The fourth-order valence-electron chi connectivity index (χ4n) is 2.88. The second-order valence-electron chi connectivity index (χ2n) is 5.98. The molecule has 134 valence electrons. The van der Waals surface area contributed by atoms with E-state index in [-0.39, 0.29) is 25.8 Å². The quantitative estimate of drug-likeness (QED) is 0.800. The zero-order valence-electron chi connectivity index (χ0n) is 12.8. The normalized spacial score (nSPS) is 24.6. The van der Waals surface area contributed by atoms with Crippen LogP contribution in [0.1, 0.15) is 18.5 Å². The zero-order valence-corrected chi connectivity index (χ0v) is 13.6. The highest BCUT2D eigenvalue weighted by Gasteiger charge is 2.59. The second-order valence-corrected chi connectivity index (χ2v) is 7.91. The lowest BCUT2D eigenvalue weighted by Gasteiger charge is -2.51. The molecule has 0 unspecified atom stereocenters. The first-order chi connectivity index (χ1) is 11.1. The van der Waals surface area contributed by atoms with Crippen LogP contribution in [0.3, 0.4) is 0 Å². The molecule has 0 bridgehead atoms. The molecule has 0 radical (unpaired) electrons. The highest BCUT2D eigenvalue weighted by molar-refractivity contribution is 7.90. The van der Waals surface area contributed by atoms with Crippen molar-refractivity contribution in [3.8, 4) is 5.88 Å². The molecule has 7 nitrogen and oxygen atoms in total. The van der Waals surface area contributed by atoms with Crippen molar-refractivity contribution in [2.75, 3.05) is 19.7 Å². The molecule has 3 heterocycles. The van der Waals surface area contributed by atoms with Crippen molar-refractivity contribution >= 4 is 10.0 Å². The van der Waals surface area contributed by atoms with Crippen LogP contribution < -0.4 is 4.74 Å². The molecular formula is C13H16F3N3O4S. The fourth-order valence-corrected chi connectivity index (χ4v) is 3.99. The molecule has 11 heteroatoms. The summed E-state index contributed by atoms with van der Waals surface area (Å²) < 4.78 is 72.0. The van der Waals surface area contributed by atoms with Crippen LogP contribution in [0.25, 0.3) is 0 Å². The minimum atomic E-state index is -5.31. The molecular weight excluding hydrogens is 351 g/mol. The van der Waals surface area contributed by atoms with E-state index in [0.717, 1.165) is 0 Å². The Hall–Kier alpha value is -1.46. The molecule has 2 fully saturated rings. The Balaban J connectivity index is 1.63. The molecule has 1 aromatic rings. The molecule has 0 N–H and O–H groups in total. The summed E-state index contributed by atoms with van der Waals surface area (Å²) in [7, 11) is -5.31. The maximum Gasteiger partial charge on any atom is 0.511 e. The predicted molar refractivity (Wildman–Crippen MR) is 75.6 cm³/mol. The molecule has 2 saturated heterocycles. The van der Waals surface area contributed by atoms with Crippen molar-refractivity contribution in [1.29, 1.82) is 0 Å². The molecule has 0 aromatic carbocycles. The van der Waals surface area contributed by atoms with Crippen LogP contribution in [0.5, 0.6) is 5.88 Å². The number of rotatable bonds is 3. The molecule has 24 heavy (non-hydrogen) atoms. The van der Waals surface area contributed by atoms with Gasteiger partial charge in [0, 0.05) is 32.1 Å². The van der Waals surface area contributed by atoms with Crippen molar-refractivity contribution in [2.24, 2.45) is 0 Å². The van der Waals surface area contributed by atoms with Gasteiger partial charge in [0.05, 0.1) is 24.1 Å². The van der Waals surface area contributed by atoms with E-state index in [9.17, 15) is 21.6 Å². The first-order valence-electron chi connectivity index (χ1n) is 7.27. The van der Waals surface area contributed by atoms with Crippen molar-refractivity contribution in [1.82, 2.24) is 14.3 Å². The van der Waals surface area contributed by atoms with Crippen molar-refractivity contribution in [3.05, 3.63) is 18.1 Å². The largest absolute Gasteiger partial charge is 0.511 e. The third kappa shape index (κ3) is 3.20. The molecule has 1 aromatic heterocycles. The summed E-state index contributed by atoms with van der Waals surface area (Å²) in [5.74, 6) is 0.330. The van der Waals surface area contributed by atoms with Crippen molar-refractivity contribution in [2.45, 2.75) is 37.0 Å². The Morgan fingerprint density at radius 1 is 1.38 bits per heavy atom. The summed E-state index contributed by atoms with van der Waals surface area (Å²) >= 11 is 0. The van der Waals surface area contributed by atoms with Gasteiger partial charge in [-0.15, -0.1) is 0 Å². The summed E-state index contributed by atoms with van der Waals surface area (Å²) in [4.78, 5) is 8.13. The standard InChI is InChI=1S/C13H16F3N3O4S/c1-9-5-17-6-11(18-9)23-10-2-3-22-12(4-10)7-19(8-12)24(20,21)13(14,15)16/h5-6,10H,2-4,7-8H2,1H3/t10-/m1/s1. The van der Waals surface area contributed by atoms with E-state index in [0.29, 0.717) is 28.7 Å². The average molecular weight is 367 g/mol. The van der Waals surface area contributed by atoms with Gasteiger partial charge in [-0.25, -0.2) is 13.4 Å². The summed E-state index contributed by atoms with van der Waals surface area (Å²) in [5.41, 5.74) is -5.55. The number of sulfonamides is 1. The van der Waals surface area contributed by atoms with E-state index in [1.54, 1.807) is 13.1 Å². The third-order valence-electron chi connectivity index (χ3n) is 4.03. The number of hydrogen-bond acceptors (Lipinski definition) is 6. The SMILES string of the molecule is Cc1cncc(O[C@@H]2CCOC3(C2)CN(S(=O)(=O)C(F)(F)F)C3)n1. The van der Waals surface area contributed by atoms with Gasteiger partial charge < -0.3 is 9.47 Å². The lowest BCUT2D eigenvalue weighted by Crippen LogP contribution is -2.68. The highest BCUT2D eigenvalue weighted by Crippen LogP contribution is 2.40. The van der Waals surface area contributed by atoms with Crippen LogP contribution >= 0.6 is 0 Å². The highest BCUT2D eigenvalue weighted by atomic mass is 32.2. The number of aryl methyl sites for hydroxylation is 1. The second kappa shape index (κ2) is 5.81. The van der Waals surface area contributed by atoms with Gasteiger partial charge in [0.25, 0.3) is 0 Å². The first-order valence-corrected chi connectivity index (χ1v) is 8.71. The van der Waals surface area contributed by atoms with Crippen LogP contribution in [0.4, 0.5) is 13.2 Å². The first kappa shape index (κ1) is 17.4. The smallest absolute Gasteiger partial charge is 0.473 e. The van der Waals surface area contributed by atoms with E-state index in [1.165, 1.54) is 6.20 Å². The van der Waals surface area contributed by atoms with Gasteiger partial charge in [0.2, 0.25) is 5.88 Å². The molecule has 2 aliphatic rings. The van der Waals surface area contributed by atoms with E-state index in [1.807, 2.05) is 0 Å². The van der Waals surface area contributed by atoms with Gasteiger partial charge in [-0.2, -0.15) is 17.5 Å². The van der Waals surface area contributed by atoms with Crippen LogP contribution in [0.2, 0.25) is 0 Å². The van der Waals surface area contributed by atoms with Gasteiger partial charge in [-0.3, -0.25) is 4.98 Å².